The van der Waals surface area contributed by atoms with Crippen LogP contribution in [0.2, 0.25) is 0 Å². The van der Waals surface area contributed by atoms with Gasteiger partial charge in [0.1, 0.15) is 0 Å². The van der Waals surface area contributed by atoms with Crippen LogP contribution < -0.4 is 0 Å². The Morgan fingerprint density at radius 3 is 2.33 bits per heavy atom. The van der Waals surface area contributed by atoms with E-state index in [2.05, 4.69) is 5.16 Å². The van der Waals surface area contributed by atoms with Gasteiger partial charge in [-0.25, -0.2) is 0 Å². The minimum Gasteiger partial charge on any atom is -0.411 e. The van der Waals surface area contributed by atoms with Crippen LogP contribution in [-0.4, -0.2) is 41.5 Å². The summed E-state index contributed by atoms with van der Waals surface area (Å²) < 4.78 is 37.0. The quantitative estimate of drug-likeness (QED) is 0.514. The molecular formula is C11H11F3N2O2. The largest absolute Gasteiger partial charge is 0.434 e. The molecule has 0 bridgehead atoms. The van der Waals surface area contributed by atoms with E-state index in [0.717, 1.165) is 4.90 Å². The van der Waals surface area contributed by atoms with Crippen molar-refractivity contribution in [3.63, 3.8) is 0 Å². The predicted molar refractivity (Wildman–Crippen MR) is 58.7 cm³/mol. The first-order chi connectivity index (χ1) is 8.36. The summed E-state index contributed by atoms with van der Waals surface area (Å²) in [6.45, 7) is -0.812. The highest BCUT2D eigenvalue weighted by Crippen LogP contribution is 2.18. The Labute approximate surface area is 101 Å². The third kappa shape index (κ3) is 3.47. The normalized spacial score (nSPS) is 12.3. The first-order valence-electron chi connectivity index (χ1n) is 4.95. The second-order valence-electron chi connectivity index (χ2n) is 3.57. The van der Waals surface area contributed by atoms with E-state index in [4.69, 9.17) is 5.21 Å². The summed E-state index contributed by atoms with van der Waals surface area (Å²) >= 11 is 0. The Bertz CT molecular complexity index is 443. The van der Waals surface area contributed by atoms with Crippen LogP contribution in [0.3, 0.4) is 0 Å². The monoisotopic (exact) mass is 260 g/mol. The Balaban J connectivity index is 2.78. The van der Waals surface area contributed by atoms with E-state index < -0.39 is 24.3 Å². The van der Waals surface area contributed by atoms with Crippen molar-refractivity contribution in [3.8, 4) is 0 Å². The standard InChI is InChI=1S/C11H11F3N2O2/c1-16(7-9(15-18)11(12,13)14)10(17)8-5-3-2-4-6-8/h2-6,18H,7H2,1H3/b15-9-. The number of halogens is 3. The molecule has 1 amide bonds. The zero-order valence-electron chi connectivity index (χ0n) is 9.48. The number of carbonyl (C=O) groups is 1. The maximum Gasteiger partial charge on any atom is 0.434 e. The number of rotatable bonds is 3. The van der Waals surface area contributed by atoms with E-state index in [9.17, 15) is 18.0 Å². The van der Waals surface area contributed by atoms with Crippen molar-refractivity contribution in [2.75, 3.05) is 13.6 Å². The number of alkyl halides is 3. The van der Waals surface area contributed by atoms with Crippen molar-refractivity contribution in [1.29, 1.82) is 0 Å². The molecule has 0 saturated heterocycles. The summed E-state index contributed by atoms with van der Waals surface area (Å²) in [7, 11) is 1.20. The lowest BCUT2D eigenvalue weighted by atomic mass is 10.2. The first kappa shape index (κ1) is 14.0. The van der Waals surface area contributed by atoms with Gasteiger partial charge in [0.15, 0.2) is 5.71 Å². The SMILES string of the molecule is CN(C/C(=N/O)C(F)(F)F)C(=O)c1ccccc1. The van der Waals surface area contributed by atoms with Gasteiger partial charge in [-0.1, -0.05) is 23.4 Å². The molecule has 7 heteroatoms. The molecule has 0 aliphatic rings. The van der Waals surface area contributed by atoms with Gasteiger partial charge in [-0.05, 0) is 12.1 Å². The minimum atomic E-state index is -4.76. The fraction of sp³-hybridized carbons (Fsp3) is 0.273. The van der Waals surface area contributed by atoms with Gasteiger partial charge in [0.25, 0.3) is 5.91 Å². The van der Waals surface area contributed by atoms with Gasteiger partial charge < -0.3 is 10.1 Å². The Kier molecular flexibility index (Phi) is 4.30. The predicted octanol–water partition coefficient (Wildman–Crippen LogP) is 2.15. The number of amides is 1. The van der Waals surface area contributed by atoms with Crippen LogP contribution in [0.1, 0.15) is 10.4 Å². The molecule has 1 aromatic rings. The number of hydrogen-bond acceptors (Lipinski definition) is 3. The third-order valence-corrected chi connectivity index (χ3v) is 2.20. The summed E-state index contributed by atoms with van der Waals surface area (Å²) in [5.41, 5.74) is -1.16. The zero-order valence-corrected chi connectivity index (χ0v) is 9.48. The Hall–Kier alpha value is -2.05. The number of benzene rings is 1. The van der Waals surface area contributed by atoms with E-state index in [1.165, 1.54) is 19.2 Å². The topological polar surface area (TPSA) is 52.9 Å². The number of hydrogen-bond donors (Lipinski definition) is 1. The van der Waals surface area contributed by atoms with Crippen molar-refractivity contribution >= 4 is 11.6 Å². The molecule has 0 aliphatic heterocycles. The van der Waals surface area contributed by atoms with Crippen LogP contribution in [0.15, 0.2) is 35.5 Å². The van der Waals surface area contributed by atoms with E-state index in [-0.39, 0.29) is 5.56 Å². The lowest BCUT2D eigenvalue weighted by Crippen LogP contribution is -2.38. The lowest BCUT2D eigenvalue weighted by Gasteiger charge is -2.18. The molecule has 0 spiro atoms. The molecule has 0 fully saturated rings. The van der Waals surface area contributed by atoms with E-state index >= 15 is 0 Å². The number of oxime groups is 1. The summed E-state index contributed by atoms with van der Waals surface area (Å²) in [4.78, 5) is 12.6. The van der Waals surface area contributed by atoms with Crippen molar-refractivity contribution in [1.82, 2.24) is 4.90 Å². The Morgan fingerprint density at radius 2 is 1.89 bits per heavy atom. The molecule has 18 heavy (non-hydrogen) atoms. The van der Waals surface area contributed by atoms with Gasteiger partial charge in [-0.15, -0.1) is 0 Å². The summed E-state index contributed by atoms with van der Waals surface area (Å²) in [5.74, 6) is -0.582. The highest BCUT2D eigenvalue weighted by atomic mass is 19.4. The van der Waals surface area contributed by atoms with Crippen LogP contribution in [-0.2, 0) is 0 Å². The van der Waals surface area contributed by atoms with Crippen molar-refractivity contribution in [2.24, 2.45) is 5.16 Å². The molecule has 0 heterocycles. The Morgan fingerprint density at radius 1 is 1.33 bits per heavy atom. The molecule has 4 nitrogen and oxygen atoms in total. The van der Waals surface area contributed by atoms with Gasteiger partial charge in [0, 0.05) is 12.6 Å². The maximum absolute atomic E-state index is 12.3. The van der Waals surface area contributed by atoms with Crippen LogP contribution >= 0.6 is 0 Å². The molecule has 0 saturated carbocycles. The molecular weight excluding hydrogens is 249 g/mol. The molecule has 98 valence electrons. The maximum atomic E-state index is 12.3. The minimum absolute atomic E-state index is 0.263. The van der Waals surface area contributed by atoms with Gasteiger partial charge >= 0.3 is 6.18 Å². The van der Waals surface area contributed by atoms with Crippen LogP contribution in [0.5, 0.6) is 0 Å². The molecule has 0 aromatic heterocycles. The average Bonchev–Trinajstić information content (AvgIpc) is 2.34. The average molecular weight is 260 g/mol. The van der Waals surface area contributed by atoms with Gasteiger partial charge in [0.2, 0.25) is 0 Å². The molecule has 1 N–H and O–H groups in total. The summed E-state index contributed by atoms with van der Waals surface area (Å²) in [5, 5.41) is 10.5. The molecule has 0 unspecified atom stereocenters. The van der Waals surface area contributed by atoms with Crippen molar-refractivity contribution < 1.29 is 23.2 Å². The lowest BCUT2D eigenvalue weighted by molar-refractivity contribution is -0.0631. The fourth-order valence-corrected chi connectivity index (χ4v) is 1.28. The second kappa shape index (κ2) is 5.52. The van der Waals surface area contributed by atoms with Crippen molar-refractivity contribution in [3.05, 3.63) is 35.9 Å². The molecule has 0 radical (unpaired) electrons. The highest BCUT2D eigenvalue weighted by molar-refractivity contribution is 5.98. The molecule has 1 aromatic carbocycles. The third-order valence-electron chi connectivity index (χ3n) is 2.20. The van der Waals surface area contributed by atoms with Crippen LogP contribution in [0.4, 0.5) is 13.2 Å². The number of carbonyl (C=O) groups excluding carboxylic acids is 1. The van der Waals surface area contributed by atoms with Crippen LogP contribution in [0, 0.1) is 0 Å². The molecule has 1 rings (SSSR count). The summed E-state index contributed by atoms with van der Waals surface area (Å²) in [6.07, 6.45) is -4.76. The fourth-order valence-electron chi connectivity index (χ4n) is 1.28. The smallest absolute Gasteiger partial charge is 0.411 e. The van der Waals surface area contributed by atoms with E-state index in [1.54, 1.807) is 18.2 Å². The van der Waals surface area contributed by atoms with Gasteiger partial charge in [-0.2, -0.15) is 13.2 Å². The zero-order chi connectivity index (χ0) is 13.8. The summed E-state index contributed by atoms with van der Waals surface area (Å²) in [6, 6.07) is 7.87. The van der Waals surface area contributed by atoms with Gasteiger partial charge in [-0.3, -0.25) is 4.79 Å². The first-order valence-corrected chi connectivity index (χ1v) is 4.95. The van der Waals surface area contributed by atoms with Crippen LogP contribution in [0.25, 0.3) is 0 Å². The molecule has 0 atom stereocenters. The highest BCUT2D eigenvalue weighted by Gasteiger charge is 2.37. The van der Waals surface area contributed by atoms with E-state index in [0.29, 0.717) is 0 Å². The van der Waals surface area contributed by atoms with Crippen molar-refractivity contribution in [2.45, 2.75) is 6.18 Å². The molecule has 0 aliphatic carbocycles. The van der Waals surface area contributed by atoms with Gasteiger partial charge in [0.05, 0.1) is 6.54 Å². The van der Waals surface area contributed by atoms with E-state index in [1.807, 2.05) is 0 Å². The second-order valence-corrected chi connectivity index (χ2v) is 3.57. The number of nitrogens with zero attached hydrogens (tertiary/aromatic N) is 2.